The van der Waals surface area contributed by atoms with Crippen LogP contribution in [0, 0.1) is 5.92 Å². The minimum absolute atomic E-state index is 0.179. The van der Waals surface area contributed by atoms with Crippen LogP contribution in [0.25, 0.3) is 10.8 Å². The van der Waals surface area contributed by atoms with Crippen molar-refractivity contribution in [1.82, 2.24) is 5.32 Å². The highest BCUT2D eigenvalue weighted by Gasteiger charge is 2.26. The minimum Gasteiger partial charge on any atom is -0.507 e. The molecular weight excluding hydrogens is 258 g/mol. The molecule has 0 amide bonds. The van der Waals surface area contributed by atoms with Gasteiger partial charge in [0.1, 0.15) is 5.75 Å². The van der Waals surface area contributed by atoms with Crippen LogP contribution in [0.1, 0.15) is 51.1 Å². The predicted octanol–water partition coefficient (Wildman–Crippen LogP) is 4.77. The fourth-order valence-electron chi connectivity index (χ4n) is 3.17. The van der Waals surface area contributed by atoms with E-state index in [-0.39, 0.29) is 6.04 Å². The molecule has 0 saturated heterocycles. The fourth-order valence-corrected chi connectivity index (χ4v) is 3.17. The minimum atomic E-state index is 0.179. The summed E-state index contributed by atoms with van der Waals surface area (Å²) in [6, 6.07) is 12.9. The molecule has 2 unspecified atom stereocenters. The van der Waals surface area contributed by atoms with Crippen molar-refractivity contribution in [2.45, 2.75) is 51.6 Å². The average molecular weight is 283 g/mol. The van der Waals surface area contributed by atoms with E-state index in [0.717, 1.165) is 28.7 Å². The number of benzene rings is 2. The van der Waals surface area contributed by atoms with Gasteiger partial charge >= 0.3 is 0 Å². The molecule has 0 spiro atoms. The van der Waals surface area contributed by atoms with Crippen molar-refractivity contribution in [2.75, 3.05) is 0 Å². The lowest BCUT2D eigenvalue weighted by molar-refractivity contribution is 0.392. The summed E-state index contributed by atoms with van der Waals surface area (Å²) in [6.07, 6.45) is 5.21. The number of hydrogen-bond acceptors (Lipinski definition) is 2. The van der Waals surface area contributed by atoms with E-state index in [0.29, 0.717) is 11.8 Å². The van der Waals surface area contributed by atoms with Gasteiger partial charge in [0.05, 0.1) is 0 Å². The van der Waals surface area contributed by atoms with Crippen molar-refractivity contribution in [1.29, 1.82) is 0 Å². The molecule has 0 aromatic heterocycles. The smallest absolute Gasteiger partial charge is 0.128 e. The van der Waals surface area contributed by atoms with Crippen LogP contribution in [0.5, 0.6) is 5.75 Å². The van der Waals surface area contributed by atoms with Crippen LogP contribution in [-0.2, 0) is 0 Å². The maximum Gasteiger partial charge on any atom is 0.128 e. The summed E-state index contributed by atoms with van der Waals surface area (Å²) >= 11 is 0. The number of hydrogen-bond donors (Lipinski definition) is 2. The first kappa shape index (κ1) is 14.4. The molecule has 0 radical (unpaired) electrons. The van der Waals surface area contributed by atoms with Crippen molar-refractivity contribution in [3.8, 4) is 5.75 Å². The van der Waals surface area contributed by atoms with Gasteiger partial charge in [-0.05, 0) is 31.1 Å². The van der Waals surface area contributed by atoms with Gasteiger partial charge in [0.2, 0.25) is 0 Å². The standard InChI is InChI=1S/C19H25NO/c1-3-16(12-14-8-9-14)20-13(2)17-11-10-15-6-4-5-7-18(15)19(17)21/h4-7,10-11,13-14,16,20-21H,3,8-9,12H2,1-2H3. The molecule has 0 bridgehead atoms. The Balaban J connectivity index is 1.79. The number of nitrogens with one attached hydrogen (secondary N) is 1. The average Bonchev–Trinajstić information content (AvgIpc) is 3.31. The summed E-state index contributed by atoms with van der Waals surface area (Å²) in [5, 5.41) is 16.3. The molecule has 2 nitrogen and oxygen atoms in total. The summed E-state index contributed by atoms with van der Waals surface area (Å²) < 4.78 is 0. The summed E-state index contributed by atoms with van der Waals surface area (Å²) in [5.41, 5.74) is 1.00. The number of rotatable bonds is 6. The van der Waals surface area contributed by atoms with E-state index in [1.54, 1.807) is 0 Å². The van der Waals surface area contributed by atoms with Gasteiger partial charge in [-0.25, -0.2) is 0 Å². The Kier molecular flexibility index (Phi) is 4.16. The normalized spacial score (nSPS) is 17.8. The molecule has 21 heavy (non-hydrogen) atoms. The lowest BCUT2D eigenvalue weighted by Gasteiger charge is -2.23. The monoisotopic (exact) mass is 283 g/mol. The molecule has 2 N–H and O–H groups in total. The van der Waals surface area contributed by atoms with Gasteiger partial charge in [0.15, 0.2) is 0 Å². The molecular formula is C19H25NO. The maximum absolute atomic E-state index is 10.6. The topological polar surface area (TPSA) is 32.3 Å². The van der Waals surface area contributed by atoms with Gasteiger partial charge in [-0.1, -0.05) is 56.2 Å². The number of phenolic OH excluding ortho intramolecular Hbond substituents is 1. The van der Waals surface area contributed by atoms with Gasteiger partial charge in [0, 0.05) is 23.0 Å². The molecule has 1 aliphatic rings. The zero-order chi connectivity index (χ0) is 14.8. The predicted molar refractivity (Wildman–Crippen MR) is 88.6 cm³/mol. The Hall–Kier alpha value is -1.54. The maximum atomic E-state index is 10.6. The second kappa shape index (κ2) is 6.07. The van der Waals surface area contributed by atoms with Crippen LogP contribution in [0.2, 0.25) is 0 Å². The molecule has 2 aromatic rings. The molecule has 0 heterocycles. The molecule has 2 aromatic carbocycles. The van der Waals surface area contributed by atoms with E-state index in [4.69, 9.17) is 0 Å². The van der Waals surface area contributed by atoms with E-state index in [1.165, 1.54) is 19.3 Å². The summed E-state index contributed by atoms with van der Waals surface area (Å²) in [4.78, 5) is 0. The Morgan fingerprint density at radius 3 is 2.67 bits per heavy atom. The third kappa shape index (κ3) is 3.21. The lowest BCUT2D eigenvalue weighted by atomic mass is 9.99. The molecule has 2 atom stereocenters. The zero-order valence-electron chi connectivity index (χ0n) is 13.0. The van der Waals surface area contributed by atoms with Gasteiger partial charge < -0.3 is 10.4 Å². The number of fused-ring (bicyclic) bond motifs is 1. The first-order chi connectivity index (χ1) is 10.2. The SMILES string of the molecule is CCC(CC1CC1)NC(C)c1ccc2ccccc2c1O. The van der Waals surface area contributed by atoms with Crippen LogP contribution in [0.3, 0.4) is 0 Å². The number of aromatic hydroxyl groups is 1. The van der Waals surface area contributed by atoms with Crippen molar-refractivity contribution in [3.05, 3.63) is 42.0 Å². The highest BCUT2D eigenvalue weighted by atomic mass is 16.3. The second-order valence-electron chi connectivity index (χ2n) is 6.40. The van der Waals surface area contributed by atoms with E-state index in [1.807, 2.05) is 24.3 Å². The highest BCUT2D eigenvalue weighted by Crippen LogP contribution is 2.36. The summed E-state index contributed by atoms with van der Waals surface area (Å²) in [5.74, 6) is 1.36. The summed E-state index contributed by atoms with van der Waals surface area (Å²) in [6.45, 7) is 4.40. The van der Waals surface area contributed by atoms with Crippen molar-refractivity contribution >= 4 is 10.8 Å². The van der Waals surface area contributed by atoms with Gasteiger partial charge in [0.25, 0.3) is 0 Å². The van der Waals surface area contributed by atoms with Gasteiger partial charge in [-0.15, -0.1) is 0 Å². The number of phenols is 1. The Morgan fingerprint density at radius 2 is 1.95 bits per heavy atom. The van der Waals surface area contributed by atoms with Crippen LogP contribution in [-0.4, -0.2) is 11.1 Å². The quantitative estimate of drug-likeness (QED) is 0.800. The fraction of sp³-hybridized carbons (Fsp3) is 0.474. The molecule has 112 valence electrons. The van der Waals surface area contributed by atoms with Gasteiger partial charge in [-0.2, -0.15) is 0 Å². The van der Waals surface area contributed by atoms with Crippen LogP contribution in [0.15, 0.2) is 36.4 Å². The lowest BCUT2D eigenvalue weighted by Crippen LogP contribution is -2.31. The molecule has 3 rings (SSSR count). The zero-order valence-corrected chi connectivity index (χ0v) is 13.0. The van der Waals surface area contributed by atoms with Crippen molar-refractivity contribution < 1.29 is 5.11 Å². The van der Waals surface area contributed by atoms with E-state index in [2.05, 4.69) is 31.3 Å². The van der Waals surface area contributed by atoms with E-state index >= 15 is 0 Å². The molecule has 1 saturated carbocycles. The third-order valence-corrected chi connectivity index (χ3v) is 4.69. The van der Waals surface area contributed by atoms with Crippen LogP contribution in [0.4, 0.5) is 0 Å². The largest absolute Gasteiger partial charge is 0.507 e. The van der Waals surface area contributed by atoms with Crippen molar-refractivity contribution in [2.24, 2.45) is 5.92 Å². The van der Waals surface area contributed by atoms with E-state index < -0.39 is 0 Å². The molecule has 1 fully saturated rings. The van der Waals surface area contributed by atoms with Crippen molar-refractivity contribution in [3.63, 3.8) is 0 Å². The first-order valence-electron chi connectivity index (χ1n) is 8.15. The third-order valence-electron chi connectivity index (χ3n) is 4.69. The Morgan fingerprint density at radius 1 is 1.19 bits per heavy atom. The highest BCUT2D eigenvalue weighted by molar-refractivity contribution is 5.89. The van der Waals surface area contributed by atoms with Crippen LogP contribution >= 0.6 is 0 Å². The Bertz CT molecular complexity index is 618. The molecule has 0 aliphatic heterocycles. The first-order valence-corrected chi connectivity index (χ1v) is 8.15. The molecule has 2 heteroatoms. The van der Waals surface area contributed by atoms with Gasteiger partial charge in [-0.3, -0.25) is 0 Å². The molecule has 1 aliphatic carbocycles. The summed E-state index contributed by atoms with van der Waals surface area (Å²) in [7, 11) is 0. The Labute approximate surface area is 127 Å². The second-order valence-corrected chi connectivity index (χ2v) is 6.40. The van der Waals surface area contributed by atoms with E-state index in [9.17, 15) is 5.11 Å². The van der Waals surface area contributed by atoms with Crippen LogP contribution < -0.4 is 5.32 Å².